The van der Waals surface area contributed by atoms with Crippen LogP contribution < -0.4 is 5.32 Å². The Morgan fingerprint density at radius 2 is 1.60 bits per heavy atom. The van der Waals surface area contributed by atoms with Crippen LogP contribution in [-0.2, 0) is 16.6 Å². The average molecular weight is 635 g/mol. The number of urea groups is 1. The van der Waals surface area contributed by atoms with Crippen molar-refractivity contribution in [3.8, 4) is 0 Å². The lowest BCUT2D eigenvalue weighted by atomic mass is 9.87. The minimum atomic E-state index is -5.08. The highest BCUT2D eigenvalue weighted by Gasteiger charge is 2.38. The van der Waals surface area contributed by atoms with E-state index in [0.717, 1.165) is 57.5 Å². The van der Waals surface area contributed by atoms with Gasteiger partial charge in [0.1, 0.15) is 0 Å². The van der Waals surface area contributed by atoms with E-state index >= 15 is 0 Å². The molecule has 3 amide bonds. The fraction of sp³-hybridized carbons (Fsp3) is 0.559. The Morgan fingerprint density at radius 3 is 2.09 bits per heavy atom. The van der Waals surface area contributed by atoms with Crippen molar-refractivity contribution < 1.29 is 32.7 Å². The smallest absolute Gasteiger partial charge is 0.475 e. The number of carbonyl (C=O) groups excluding carboxylic acids is 2. The highest BCUT2D eigenvalue weighted by atomic mass is 19.4. The Morgan fingerprint density at radius 1 is 1.02 bits per heavy atom. The molecule has 1 saturated heterocycles. The normalized spacial score (nSPS) is 14.8. The van der Waals surface area contributed by atoms with Crippen molar-refractivity contribution in [3.63, 3.8) is 0 Å². The molecule has 0 aliphatic carbocycles. The number of nitrogens with one attached hydrogen (secondary N) is 1. The summed E-state index contributed by atoms with van der Waals surface area (Å²) in [4.78, 5) is 40.3. The molecule has 1 fully saturated rings. The van der Waals surface area contributed by atoms with Crippen LogP contribution in [0.15, 0.2) is 48.5 Å². The van der Waals surface area contributed by atoms with Gasteiger partial charge in [-0.25, -0.2) is 9.59 Å². The molecule has 2 aromatic rings. The minimum absolute atomic E-state index is 0.0636. The van der Waals surface area contributed by atoms with Gasteiger partial charge < -0.3 is 25.1 Å². The van der Waals surface area contributed by atoms with Gasteiger partial charge in [0.25, 0.3) is 5.91 Å². The molecule has 3 rings (SSSR count). The highest BCUT2D eigenvalue weighted by molar-refractivity contribution is 6.04. The van der Waals surface area contributed by atoms with E-state index < -0.39 is 12.1 Å². The topological polar surface area (TPSA) is 93.2 Å². The van der Waals surface area contributed by atoms with Crippen LogP contribution in [0.4, 0.5) is 23.7 Å². The molecular weight excluding hydrogens is 585 g/mol. The average Bonchev–Trinajstić information content (AvgIpc) is 2.96. The van der Waals surface area contributed by atoms with Crippen molar-refractivity contribution in [2.75, 3.05) is 45.6 Å². The van der Waals surface area contributed by atoms with Crippen molar-refractivity contribution >= 4 is 23.6 Å². The second-order valence-electron chi connectivity index (χ2n) is 12.9. The van der Waals surface area contributed by atoms with Gasteiger partial charge >= 0.3 is 18.2 Å². The summed E-state index contributed by atoms with van der Waals surface area (Å²) < 4.78 is 31.7. The Kier molecular flexibility index (Phi) is 13.9. The van der Waals surface area contributed by atoms with E-state index in [1.165, 1.54) is 11.1 Å². The summed E-state index contributed by atoms with van der Waals surface area (Å²) in [6.45, 7) is 14.9. The monoisotopic (exact) mass is 634 g/mol. The number of anilines is 1. The Balaban J connectivity index is 0.000000900. The zero-order valence-corrected chi connectivity index (χ0v) is 27.6. The SMILES string of the molecule is CCCN(CC1CCN(C(=O)N(C)C)CC1)C(C)Cc1cccc(NC(=O)c2ccc(C(C)(C)C)cc2)c1.O=C(O)C(F)(F)F. The molecule has 1 atom stereocenters. The number of amides is 3. The largest absolute Gasteiger partial charge is 0.490 e. The fourth-order valence-corrected chi connectivity index (χ4v) is 5.27. The molecule has 2 N–H and O–H groups in total. The molecule has 0 saturated carbocycles. The molecule has 0 bridgehead atoms. The number of piperidine rings is 1. The number of aliphatic carboxylic acids is 1. The van der Waals surface area contributed by atoms with Crippen LogP contribution in [0.5, 0.6) is 0 Å². The van der Waals surface area contributed by atoms with Crippen molar-refractivity contribution in [1.29, 1.82) is 0 Å². The van der Waals surface area contributed by atoms with Crippen LogP contribution in [0.3, 0.4) is 0 Å². The summed E-state index contributed by atoms with van der Waals surface area (Å²) in [6, 6.07) is 16.7. The summed E-state index contributed by atoms with van der Waals surface area (Å²) in [5.41, 5.74) is 4.01. The van der Waals surface area contributed by atoms with Gasteiger partial charge in [0.15, 0.2) is 0 Å². The maximum absolute atomic E-state index is 12.9. The van der Waals surface area contributed by atoms with E-state index in [1.54, 1.807) is 4.90 Å². The zero-order chi connectivity index (χ0) is 33.9. The van der Waals surface area contributed by atoms with Crippen LogP contribution in [0.1, 0.15) is 75.4 Å². The first-order chi connectivity index (χ1) is 20.9. The highest BCUT2D eigenvalue weighted by Crippen LogP contribution is 2.24. The number of likely N-dealkylation sites (tertiary alicyclic amines) is 1. The second-order valence-corrected chi connectivity index (χ2v) is 12.9. The Labute approximate surface area is 265 Å². The molecule has 1 heterocycles. The number of carboxylic acids is 1. The number of hydrogen-bond donors (Lipinski definition) is 2. The maximum Gasteiger partial charge on any atom is 0.490 e. The van der Waals surface area contributed by atoms with Gasteiger partial charge in [-0.1, -0.05) is 52.0 Å². The van der Waals surface area contributed by atoms with E-state index in [4.69, 9.17) is 9.90 Å². The molecule has 1 unspecified atom stereocenters. The molecule has 2 aromatic carbocycles. The number of halogens is 3. The predicted molar refractivity (Wildman–Crippen MR) is 172 cm³/mol. The lowest BCUT2D eigenvalue weighted by Crippen LogP contribution is -2.46. The second kappa shape index (κ2) is 16.6. The summed E-state index contributed by atoms with van der Waals surface area (Å²) in [5.74, 6) is -2.22. The Bertz CT molecular complexity index is 1250. The van der Waals surface area contributed by atoms with Crippen LogP contribution in [0.25, 0.3) is 0 Å². The van der Waals surface area contributed by atoms with Crippen LogP contribution >= 0.6 is 0 Å². The molecule has 0 aromatic heterocycles. The van der Waals surface area contributed by atoms with E-state index in [0.29, 0.717) is 17.5 Å². The molecule has 0 radical (unpaired) electrons. The molecule has 1 aliphatic heterocycles. The van der Waals surface area contributed by atoms with Crippen molar-refractivity contribution in [2.45, 2.75) is 77.9 Å². The number of carboxylic acid groups (broad SMARTS) is 1. The number of carbonyl (C=O) groups is 3. The lowest BCUT2D eigenvalue weighted by molar-refractivity contribution is -0.192. The third kappa shape index (κ3) is 12.4. The minimum Gasteiger partial charge on any atom is -0.475 e. The van der Waals surface area contributed by atoms with E-state index in [-0.39, 0.29) is 17.4 Å². The molecule has 45 heavy (non-hydrogen) atoms. The van der Waals surface area contributed by atoms with Gasteiger partial charge in [-0.05, 0) is 85.9 Å². The molecule has 8 nitrogen and oxygen atoms in total. The van der Waals surface area contributed by atoms with Gasteiger partial charge in [0.2, 0.25) is 0 Å². The lowest BCUT2D eigenvalue weighted by Gasteiger charge is -2.37. The van der Waals surface area contributed by atoms with Gasteiger partial charge in [0.05, 0.1) is 0 Å². The summed E-state index contributed by atoms with van der Waals surface area (Å²) in [6.07, 6.45) is -0.913. The summed E-state index contributed by atoms with van der Waals surface area (Å²) >= 11 is 0. The molecule has 11 heteroatoms. The van der Waals surface area contributed by atoms with Crippen LogP contribution in [0.2, 0.25) is 0 Å². The standard InChI is InChI=1S/C32H48N4O2.C2HF3O2/c1-8-18-36(23-25-16-19-35(20-17-25)31(38)34(6)7)24(2)21-26-10-9-11-29(22-26)33-30(37)27-12-14-28(15-13-27)32(3,4)5;3-2(4,5)1(6)7/h9-15,22,24-25H,8,16-21,23H2,1-7H3,(H,33,37);(H,6,7). The molecule has 250 valence electrons. The van der Waals surface area contributed by atoms with E-state index in [9.17, 15) is 22.8 Å². The van der Waals surface area contributed by atoms with Crippen LogP contribution in [-0.4, -0.2) is 90.2 Å². The number of benzene rings is 2. The quantitative estimate of drug-likeness (QED) is 0.313. The fourth-order valence-electron chi connectivity index (χ4n) is 5.27. The van der Waals surface area contributed by atoms with Crippen molar-refractivity contribution in [2.24, 2.45) is 5.92 Å². The van der Waals surface area contributed by atoms with Gasteiger partial charge in [0, 0.05) is 51.0 Å². The Hall–Kier alpha value is -3.60. The summed E-state index contributed by atoms with van der Waals surface area (Å²) in [5, 5.41) is 10.2. The van der Waals surface area contributed by atoms with Gasteiger partial charge in [-0.15, -0.1) is 0 Å². The van der Waals surface area contributed by atoms with Crippen molar-refractivity contribution in [1.82, 2.24) is 14.7 Å². The third-order valence-corrected chi connectivity index (χ3v) is 7.87. The number of rotatable bonds is 9. The van der Waals surface area contributed by atoms with Gasteiger partial charge in [-0.3, -0.25) is 4.79 Å². The third-order valence-electron chi connectivity index (χ3n) is 7.87. The van der Waals surface area contributed by atoms with Crippen molar-refractivity contribution in [3.05, 3.63) is 65.2 Å². The zero-order valence-electron chi connectivity index (χ0n) is 27.6. The number of nitrogens with zero attached hydrogens (tertiary/aromatic N) is 3. The molecular formula is C34H49F3N4O4. The first-order valence-electron chi connectivity index (χ1n) is 15.4. The molecule has 1 aliphatic rings. The number of hydrogen-bond acceptors (Lipinski definition) is 4. The summed E-state index contributed by atoms with van der Waals surface area (Å²) in [7, 11) is 3.65. The van der Waals surface area contributed by atoms with Crippen LogP contribution in [0, 0.1) is 5.92 Å². The van der Waals surface area contributed by atoms with Gasteiger partial charge in [-0.2, -0.15) is 13.2 Å². The number of alkyl halides is 3. The first kappa shape index (κ1) is 37.6. The molecule has 0 spiro atoms. The predicted octanol–water partition coefficient (Wildman–Crippen LogP) is 6.91. The van der Waals surface area contributed by atoms with E-state index in [2.05, 4.69) is 57.0 Å². The maximum atomic E-state index is 12.9. The first-order valence-corrected chi connectivity index (χ1v) is 15.4. The van der Waals surface area contributed by atoms with E-state index in [1.807, 2.05) is 55.4 Å².